The summed E-state index contributed by atoms with van der Waals surface area (Å²) in [5.74, 6) is 1.94. The van der Waals surface area contributed by atoms with Gasteiger partial charge in [-0.1, -0.05) is 32.4 Å². The fraction of sp³-hybridized carbons (Fsp3) is 0.857. The third-order valence-corrected chi connectivity index (χ3v) is 3.23. The van der Waals surface area contributed by atoms with Gasteiger partial charge < -0.3 is 9.84 Å². The standard InChI is InChI=1S/C14H26O2/c1-3-4-8-16-11-14-9-13(14)7-5-6-12(2)10-15/h5-6,12-15H,3-4,7-11H2,1-2H3/t12-,13-,14-/m0/s1. The van der Waals surface area contributed by atoms with Crippen LogP contribution in [0.15, 0.2) is 12.2 Å². The summed E-state index contributed by atoms with van der Waals surface area (Å²) in [6.07, 6.45) is 9.22. The molecule has 1 rings (SSSR count). The van der Waals surface area contributed by atoms with Crippen molar-refractivity contribution in [1.29, 1.82) is 0 Å². The second-order valence-corrected chi connectivity index (χ2v) is 5.01. The van der Waals surface area contributed by atoms with Gasteiger partial charge in [0.15, 0.2) is 0 Å². The first-order valence-corrected chi connectivity index (χ1v) is 6.63. The van der Waals surface area contributed by atoms with E-state index in [9.17, 15) is 0 Å². The highest BCUT2D eigenvalue weighted by atomic mass is 16.5. The summed E-state index contributed by atoms with van der Waals surface area (Å²) in [4.78, 5) is 0. The number of allylic oxidation sites excluding steroid dienone is 1. The van der Waals surface area contributed by atoms with E-state index >= 15 is 0 Å². The van der Waals surface area contributed by atoms with Crippen LogP contribution in [-0.4, -0.2) is 24.9 Å². The van der Waals surface area contributed by atoms with Crippen LogP contribution in [0.1, 0.15) is 39.5 Å². The van der Waals surface area contributed by atoms with Crippen LogP contribution < -0.4 is 0 Å². The Hall–Kier alpha value is -0.340. The van der Waals surface area contributed by atoms with E-state index in [-0.39, 0.29) is 6.61 Å². The van der Waals surface area contributed by atoms with Crippen molar-refractivity contribution < 1.29 is 9.84 Å². The lowest BCUT2D eigenvalue weighted by molar-refractivity contribution is 0.118. The highest BCUT2D eigenvalue weighted by molar-refractivity contribution is 4.95. The van der Waals surface area contributed by atoms with Crippen molar-refractivity contribution in [2.24, 2.45) is 17.8 Å². The lowest BCUT2D eigenvalue weighted by Crippen LogP contribution is -1.99. The second kappa shape index (κ2) is 7.86. The molecule has 2 heteroatoms. The molecule has 0 radical (unpaired) electrons. The molecule has 16 heavy (non-hydrogen) atoms. The first-order valence-electron chi connectivity index (χ1n) is 6.63. The van der Waals surface area contributed by atoms with E-state index in [1.54, 1.807) is 0 Å². The molecule has 1 saturated carbocycles. The van der Waals surface area contributed by atoms with E-state index < -0.39 is 0 Å². The van der Waals surface area contributed by atoms with Crippen molar-refractivity contribution in [2.45, 2.75) is 39.5 Å². The van der Waals surface area contributed by atoms with Gasteiger partial charge in [-0.05, 0) is 37.0 Å². The van der Waals surface area contributed by atoms with E-state index in [2.05, 4.69) is 19.1 Å². The minimum absolute atomic E-state index is 0.255. The smallest absolute Gasteiger partial charge is 0.0497 e. The number of hydrogen-bond donors (Lipinski definition) is 1. The van der Waals surface area contributed by atoms with Gasteiger partial charge in [-0.25, -0.2) is 0 Å². The Kier molecular flexibility index (Phi) is 6.74. The molecule has 94 valence electrons. The third-order valence-electron chi connectivity index (χ3n) is 3.23. The average molecular weight is 226 g/mol. The summed E-state index contributed by atoms with van der Waals surface area (Å²) < 4.78 is 5.61. The summed E-state index contributed by atoms with van der Waals surface area (Å²) in [5, 5.41) is 8.86. The summed E-state index contributed by atoms with van der Waals surface area (Å²) >= 11 is 0. The molecule has 2 nitrogen and oxygen atoms in total. The number of ether oxygens (including phenoxy) is 1. The summed E-state index contributed by atoms with van der Waals surface area (Å²) in [7, 11) is 0. The molecule has 0 amide bonds. The molecular formula is C14H26O2. The molecule has 1 N–H and O–H groups in total. The molecule has 0 aromatic heterocycles. The molecule has 1 aliphatic carbocycles. The van der Waals surface area contributed by atoms with Crippen LogP contribution in [0.2, 0.25) is 0 Å². The third kappa shape index (κ3) is 5.66. The molecule has 0 unspecified atom stereocenters. The van der Waals surface area contributed by atoms with Crippen molar-refractivity contribution in [3.63, 3.8) is 0 Å². The first kappa shape index (κ1) is 13.7. The van der Waals surface area contributed by atoms with E-state index in [0.717, 1.165) is 31.5 Å². The Bertz CT molecular complexity index is 201. The predicted octanol–water partition coefficient (Wildman–Crippen LogP) is 3.01. The zero-order valence-corrected chi connectivity index (χ0v) is 10.7. The molecule has 0 aliphatic heterocycles. The minimum atomic E-state index is 0.255. The monoisotopic (exact) mass is 226 g/mol. The van der Waals surface area contributed by atoms with Crippen molar-refractivity contribution in [2.75, 3.05) is 19.8 Å². The second-order valence-electron chi connectivity index (χ2n) is 5.01. The quantitative estimate of drug-likeness (QED) is 0.484. The van der Waals surface area contributed by atoms with Gasteiger partial charge >= 0.3 is 0 Å². The highest BCUT2D eigenvalue weighted by Gasteiger charge is 2.35. The summed E-state index contributed by atoms with van der Waals surface area (Å²) in [5.41, 5.74) is 0. The lowest BCUT2D eigenvalue weighted by atomic mass is 10.1. The zero-order valence-electron chi connectivity index (χ0n) is 10.7. The average Bonchev–Trinajstić information content (AvgIpc) is 3.03. The zero-order chi connectivity index (χ0) is 11.8. The van der Waals surface area contributed by atoms with Crippen LogP contribution in [0.3, 0.4) is 0 Å². The maximum absolute atomic E-state index is 8.86. The van der Waals surface area contributed by atoms with E-state index in [4.69, 9.17) is 9.84 Å². The maximum Gasteiger partial charge on any atom is 0.0497 e. The fourth-order valence-corrected chi connectivity index (χ4v) is 1.83. The lowest BCUT2D eigenvalue weighted by Gasteiger charge is -2.02. The number of hydrogen-bond acceptors (Lipinski definition) is 2. The predicted molar refractivity (Wildman–Crippen MR) is 67.3 cm³/mol. The maximum atomic E-state index is 8.86. The van der Waals surface area contributed by atoms with Gasteiger partial charge in [0, 0.05) is 19.8 Å². The molecule has 0 heterocycles. The molecule has 0 spiro atoms. The number of rotatable bonds is 9. The Morgan fingerprint density at radius 1 is 1.44 bits per heavy atom. The summed E-state index contributed by atoms with van der Waals surface area (Å²) in [6.45, 7) is 6.36. The number of aliphatic hydroxyl groups excluding tert-OH is 1. The van der Waals surface area contributed by atoms with Crippen LogP contribution in [0.4, 0.5) is 0 Å². The topological polar surface area (TPSA) is 29.5 Å². The fourth-order valence-electron chi connectivity index (χ4n) is 1.83. The molecule has 3 atom stereocenters. The van der Waals surface area contributed by atoms with Crippen molar-refractivity contribution in [3.05, 3.63) is 12.2 Å². The molecule has 1 aliphatic rings. The van der Waals surface area contributed by atoms with Gasteiger partial charge in [0.05, 0.1) is 0 Å². The summed E-state index contributed by atoms with van der Waals surface area (Å²) in [6, 6.07) is 0. The van der Waals surface area contributed by atoms with E-state index in [0.29, 0.717) is 5.92 Å². The number of aliphatic hydroxyl groups is 1. The van der Waals surface area contributed by atoms with Crippen molar-refractivity contribution in [1.82, 2.24) is 0 Å². The van der Waals surface area contributed by atoms with E-state index in [1.807, 2.05) is 6.92 Å². The van der Waals surface area contributed by atoms with Gasteiger partial charge in [-0.15, -0.1) is 0 Å². The Morgan fingerprint density at radius 2 is 2.25 bits per heavy atom. The highest BCUT2D eigenvalue weighted by Crippen LogP contribution is 2.41. The molecule has 0 saturated heterocycles. The normalized spacial score (nSPS) is 26.2. The van der Waals surface area contributed by atoms with Gasteiger partial charge in [0.2, 0.25) is 0 Å². The van der Waals surface area contributed by atoms with E-state index in [1.165, 1.54) is 19.3 Å². The van der Waals surface area contributed by atoms with Gasteiger partial charge in [0.25, 0.3) is 0 Å². The Morgan fingerprint density at radius 3 is 2.94 bits per heavy atom. The van der Waals surface area contributed by atoms with Crippen LogP contribution >= 0.6 is 0 Å². The molecule has 0 aromatic carbocycles. The Balaban J connectivity index is 1.96. The van der Waals surface area contributed by atoms with Crippen LogP contribution in [-0.2, 0) is 4.74 Å². The van der Waals surface area contributed by atoms with Crippen LogP contribution in [0.5, 0.6) is 0 Å². The molecule has 0 bridgehead atoms. The molecular weight excluding hydrogens is 200 g/mol. The SMILES string of the molecule is CCCCOC[C@@H]1C[C@@H]1CC=C[C@H](C)CO. The Labute approximate surface area is 99.7 Å². The number of unbranched alkanes of at least 4 members (excludes halogenated alkanes) is 1. The van der Waals surface area contributed by atoms with Gasteiger partial charge in [-0.2, -0.15) is 0 Å². The van der Waals surface area contributed by atoms with Crippen molar-refractivity contribution in [3.8, 4) is 0 Å². The van der Waals surface area contributed by atoms with Gasteiger partial charge in [-0.3, -0.25) is 0 Å². The molecule has 1 fully saturated rings. The van der Waals surface area contributed by atoms with Crippen LogP contribution in [0, 0.1) is 17.8 Å². The molecule has 0 aromatic rings. The largest absolute Gasteiger partial charge is 0.396 e. The van der Waals surface area contributed by atoms with Crippen molar-refractivity contribution >= 4 is 0 Å². The minimum Gasteiger partial charge on any atom is -0.396 e. The van der Waals surface area contributed by atoms with Gasteiger partial charge in [0.1, 0.15) is 0 Å². The van der Waals surface area contributed by atoms with Crippen LogP contribution in [0.25, 0.3) is 0 Å². The first-order chi connectivity index (χ1) is 7.77.